The van der Waals surface area contributed by atoms with Gasteiger partial charge in [-0.05, 0) is 29.5 Å². The summed E-state index contributed by atoms with van der Waals surface area (Å²) < 4.78 is 0. The number of amides is 1. The van der Waals surface area contributed by atoms with Crippen molar-refractivity contribution in [2.24, 2.45) is 11.1 Å². The fourth-order valence-corrected chi connectivity index (χ4v) is 2.05. The minimum Gasteiger partial charge on any atom is -0.508 e. The van der Waals surface area contributed by atoms with E-state index in [0.29, 0.717) is 13.0 Å². The number of aromatic hydroxyl groups is 1. The molecule has 0 unspecified atom stereocenters. The Morgan fingerprint density at radius 3 is 2.32 bits per heavy atom. The summed E-state index contributed by atoms with van der Waals surface area (Å²) in [6, 6.07) is 6.23. The van der Waals surface area contributed by atoms with Crippen molar-refractivity contribution in [1.82, 2.24) is 4.90 Å². The molecule has 0 heterocycles. The second-order valence-electron chi connectivity index (χ2n) is 6.23. The first-order chi connectivity index (χ1) is 8.69. The van der Waals surface area contributed by atoms with Crippen LogP contribution in [0.25, 0.3) is 0 Å². The van der Waals surface area contributed by atoms with Crippen molar-refractivity contribution in [1.29, 1.82) is 0 Å². The van der Waals surface area contributed by atoms with Crippen LogP contribution in [-0.2, 0) is 11.2 Å². The van der Waals surface area contributed by atoms with E-state index in [1.165, 1.54) is 0 Å². The van der Waals surface area contributed by atoms with E-state index in [4.69, 9.17) is 5.73 Å². The lowest BCUT2D eigenvalue weighted by atomic mass is 9.95. The average Bonchev–Trinajstić information content (AvgIpc) is 2.28. The molecule has 3 N–H and O–H groups in total. The van der Waals surface area contributed by atoms with Crippen molar-refractivity contribution >= 4 is 5.91 Å². The molecule has 0 aromatic heterocycles. The van der Waals surface area contributed by atoms with Gasteiger partial charge >= 0.3 is 0 Å². The molecule has 1 aromatic carbocycles. The van der Waals surface area contributed by atoms with Gasteiger partial charge in [-0.25, -0.2) is 0 Å². The van der Waals surface area contributed by atoms with Gasteiger partial charge in [0.25, 0.3) is 0 Å². The molecule has 4 nitrogen and oxygen atoms in total. The Morgan fingerprint density at radius 1 is 1.32 bits per heavy atom. The van der Waals surface area contributed by atoms with E-state index >= 15 is 0 Å². The van der Waals surface area contributed by atoms with Crippen LogP contribution >= 0.6 is 0 Å². The van der Waals surface area contributed by atoms with E-state index in [1.807, 2.05) is 0 Å². The monoisotopic (exact) mass is 264 g/mol. The predicted octanol–water partition coefficient (Wildman–Crippen LogP) is 1.77. The topological polar surface area (TPSA) is 66.6 Å². The maximum Gasteiger partial charge on any atom is 0.239 e. The second kappa shape index (κ2) is 6.06. The number of benzene rings is 1. The molecule has 0 saturated heterocycles. The fraction of sp³-hybridized carbons (Fsp3) is 0.533. The first kappa shape index (κ1) is 15.5. The Kier molecular flexibility index (Phi) is 4.95. The first-order valence-electron chi connectivity index (χ1n) is 6.47. The van der Waals surface area contributed by atoms with E-state index in [1.54, 1.807) is 36.2 Å². The summed E-state index contributed by atoms with van der Waals surface area (Å²) >= 11 is 0. The normalized spacial score (nSPS) is 13.1. The van der Waals surface area contributed by atoms with Gasteiger partial charge in [0.1, 0.15) is 5.75 Å². The highest BCUT2D eigenvalue weighted by molar-refractivity contribution is 5.81. The molecule has 1 amide bonds. The second-order valence-corrected chi connectivity index (χ2v) is 6.23. The number of hydrogen-bond acceptors (Lipinski definition) is 3. The van der Waals surface area contributed by atoms with Gasteiger partial charge < -0.3 is 15.7 Å². The Balaban J connectivity index is 2.59. The van der Waals surface area contributed by atoms with Crippen LogP contribution < -0.4 is 5.73 Å². The Hall–Kier alpha value is -1.55. The Bertz CT molecular complexity index is 421. The lowest BCUT2D eigenvalue weighted by Gasteiger charge is -2.28. The molecular formula is C15H24N2O2. The summed E-state index contributed by atoms with van der Waals surface area (Å²) in [5.41, 5.74) is 6.96. The summed E-state index contributed by atoms with van der Waals surface area (Å²) in [6.45, 7) is 6.93. The summed E-state index contributed by atoms with van der Waals surface area (Å²) in [4.78, 5) is 13.8. The maximum absolute atomic E-state index is 12.1. The third-order valence-electron chi connectivity index (χ3n) is 2.80. The molecule has 4 heteroatoms. The van der Waals surface area contributed by atoms with Gasteiger partial charge in [0.15, 0.2) is 0 Å². The minimum absolute atomic E-state index is 0.0528. The largest absolute Gasteiger partial charge is 0.508 e. The molecule has 0 bridgehead atoms. The maximum atomic E-state index is 12.1. The molecule has 0 aliphatic heterocycles. The number of likely N-dealkylation sites (N-methyl/N-ethyl adjacent to an activating group) is 1. The molecule has 1 atom stereocenters. The highest BCUT2D eigenvalue weighted by Gasteiger charge is 2.22. The number of phenolic OH excluding ortho intramolecular Hbond substituents is 1. The molecule has 0 saturated carbocycles. The zero-order chi connectivity index (χ0) is 14.6. The van der Waals surface area contributed by atoms with Crippen LogP contribution in [0.15, 0.2) is 24.3 Å². The zero-order valence-corrected chi connectivity index (χ0v) is 12.2. The third kappa shape index (κ3) is 5.30. The van der Waals surface area contributed by atoms with Crippen LogP contribution in [0.4, 0.5) is 0 Å². The Morgan fingerprint density at radius 2 is 1.84 bits per heavy atom. The van der Waals surface area contributed by atoms with E-state index in [0.717, 1.165) is 5.56 Å². The van der Waals surface area contributed by atoms with E-state index in [-0.39, 0.29) is 17.1 Å². The lowest BCUT2D eigenvalue weighted by molar-refractivity contribution is -0.132. The number of carbonyl (C=O) groups excluding carboxylic acids is 1. The molecule has 0 fully saturated rings. The predicted molar refractivity (Wildman–Crippen MR) is 76.9 cm³/mol. The number of hydrogen-bond donors (Lipinski definition) is 2. The number of phenols is 1. The lowest BCUT2D eigenvalue weighted by Crippen LogP contribution is -2.45. The average molecular weight is 264 g/mol. The van der Waals surface area contributed by atoms with E-state index < -0.39 is 6.04 Å². The van der Waals surface area contributed by atoms with Crippen LogP contribution in [0.2, 0.25) is 0 Å². The molecule has 0 radical (unpaired) electrons. The van der Waals surface area contributed by atoms with Gasteiger partial charge in [0.2, 0.25) is 5.91 Å². The number of rotatable bonds is 4. The van der Waals surface area contributed by atoms with E-state index in [2.05, 4.69) is 20.8 Å². The molecule has 106 valence electrons. The quantitative estimate of drug-likeness (QED) is 0.871. The van der Waals surface area contributed by atoms with E-state index in [9.17, 15) is 9.90 Å². The molecule has 1 rings (SSSR count). The minimum atomic E-state index is -0.545. The van der Waals surface area contributed by atoms with Crippen molar-refractivity contribution in [3.05, 3.63) is 29.8 Å². The van der Waals surface area contributed by atoms with Gasteiger partial charge in [0.05, 0.1) is 6.04 Å². The summed E-state index contributed by atoms with van der Waals surface area (Å²) in [5, 5.41) is 9.21. The summed E-state index contributed by atoms with van der Waals surface area (Å²) in [5.74, 6) is 0.163. The number of nitrogens with two attached hydrogens (primary N) is 1. The molecule has 0 spiro atoms. The standard InChI is InChI=1S/C15H24N2O2/c1-15(2,3)10-17(4)14(19)13(16)9-11-5-7-12(18)8-6-11/h5-8,13,18H,9-10,16H2,1-4H3/t13-/m1/s1. The molecule has 0 aliphatic rings. The number of carbonyl (C=O) groups is 1. The van der Waals surface area contributed by atoms with Crippen molar-refractivity contribution in [2.75, 3.05) is 13.6 Å². The van der Waals surface area contributed by atoms with Gasteiger partial charge in [-0.2, -0.15) is 0 Å². The van der Waals surface area contributed by atoms with Crippen LogP contribution in [0, 0.1) is 5.41 Å². The molecule has 1 aromatic rings. The highest BCUT2D eigenvalue weighted by atomic mass is 16.3. The summed E-state index contributed by atoms with van der Waals surface area (Å²) in [6.07, 6.45) is 0.480. The third-order valence-corrected chi connectivity index (χ3v) is 2.80. The van der Waals surface area contributed by atoms with Crippen molar-refractivity contribution in [2.45, 2.75) is 33.2 Å². The SMILES string of the molecule is CN(CC(C)(C)C)C(=O)[C@H](N)Cc1ccc(O)cc1. The first-order valence-corrected chi connectivity index (χ1v) is 6.47. The molecule has 19 heavy (non-hydrogen) atoms. The Labute approximate surface area is 115 Å². The fourth-order valence-electron chi connectivity index (χ4n) is 2.05. The molecule has 0 aliphatic carbocycles. The highest BCUT2D eigenvalue weighted by Crippen LogP contribution is 2.15. The van der Waals surface area contributed by atoms with Gasteiger partial charge in [0, 0.05) is 13.6 Å². The van der Waals surface area contributed by atoms with Crippen LogP contribution in [0.3, 0.4) is 0 Å². The van der Waals surface area contributed by atoms with Gasteiger partial charge in [-0.15, -0.1) is 0 Å². The van der Waals surface area contributed by atoms with Gasteiger partial charge in [-0.3, -0.25) is 4.79 Å². The van der Waals surface area contributed by atoms with Crippen LogP contribution in [-0.4, -0.2) is 35.5 Å². The van der Waals surface area contributed by atoms with Crippen molar-refractivity contribution < 1.29 is 9.90 Å². The summed E-state index contributed by atoms with van der Waals surface area (Å²) in [7, 11) is 1.78. The van der Waals surface area contributed by atoms with Crippen LogP contribution in [0.1, 0.15) is 26.3 Å². The van der Waals surface area contributed by atoms with Gasteiger partial charge in [-0.1, -0.05) is 32.9 Å². The zero-order valence-electron chi connectivity index (χ0n) is 12.2. The number of nitrogens with zero attached hydrogens (tertiary/aromatic N) is 1. The van der Waals surface area contributed by atoms with Crippen molar-refractivity contribution in [3.63, 3.8) is 0 Å². The molecular weight excluding hydrogens is 240 g/mol. The van der Waals surface area contributed by atoms with Crippen LogP contribution in [0.5, 0.6) is 5.75 Å². The smallest absolute Gasteiger partial charge is 0.239 e. The van der Waals surface area contributed by atoms with Crippen molar-refractivity contribution in [3.8, 4) is 5.75 Å².